The molecule has 0 aliphatic carbocycles. The summed E-state index contributed by atoms with van der Waals surface area (Å²) in [5.74, 6) is 0.706. The standard InChI is InChI=1S/C18H26N4OS2/c1-13-5-8-22(9-6-13)15(16-3-2-10-24-16)11-20-18(23)14-12-25-17(21-14)4-7-19/h2-3,10,12-13,15H,4-9,11,19H2,1H3,(H,20,23). The normalized spacial score (nSPS) is 17.5. The number of hydrogen-bond donors (Lipinski definition) is 2. The maximum Gasteiger partial charge on any atom is 0.270 e. The summed E-state index contributed by atoms with van der Waals surface area (Å²) >= 11 is 3.27. The molecule has 7 heteroatoms. The number of carbonyl (C=O) groups is 1. The van der Waals surface area contributed by atoms with E-state index < -0.39 is 0 Å². The van der Waals surface area contributed by atoms with E-state index in [1.807, 2.05) is 5.38 Å². The summed E-state index contributed by atoms with van der Waals surface area (Å²) < 4.78 is 0. The molecule has 5 nitrogen and oxygen atoms in total. The Morgan fingerprint density at radius 3 is 2.92 bits per heavy atom. The molecule has 1 amide bonds. The molecule has 3 N–H and O–H groups in total. The van der Waals surface area contributed by atoms with E-state index in [1.165, 1.54) is 29.1 Å². The van der Waals surface area contributed by atoms with Gasteiger partial charge in [-0.1, -0.05) is 13.0 Å². The first-order valence-electron chi connectivity index (χ1n) is 8.87. The second kappa shape index (κ2) is 8.89. The number of nitrogens with zero attached hydrogens (tertiary/aromatic N) is 2. The van der Waals surface area contributed by atoms with E-state index in [0.29, 0.717) is 18.8 Å². The predicted molar refractivity (Wildman–Crippen MR) is 104 cm³/mol. The number of aromatic nitrogens is 1. The Kier molecular flexibility index (Phi) is 6.58. The highest BCUT2D eigenvalue weighted by Gasteiger charge is 2.26. The van der Waals surface area contributed by atoms with E-state index in [-0.39, 0.29) is 11.9 Å². The average molecular weight is 379 g/mol. The van der Waals surface area contributed by atoms with Crippen LogP contribution in [0.15, 0.2) is 22.9 Å². The number of amides is 1. The number of piperidine rings is 1. The monoisotopic (exact) mass is 378 g/mol. The first-order chi connectivity index (χ1) is 12.2. The van der Waals surface area contributed by atoms with Gasteiger partial charge in [0.1, 0.15) is 5.69 Å². The molecular weight excluding hydrogens is 352 g/mol. The fraction of sp³-hybridized carbons (Fsp3) is 0.556. The van der Waals surface area contributed by atoms with Crippen LogP contribution in [0.25, 0.3) is 0 Å². The number of thiazole rings is 1. The van der Waals surface area contributed by atoms with Gasteiger partial charge in [-0.2, -0.15) is 0 Å². The lowest BCUT2D eigenvalue weighted by atomic mass is 9.97. The Labute approximate surface area is 157 Å². The zero-order chi connectivity index (χ0) is 17.6. The zero-order valence-corrected chi connectivity index (χ0v) is 16.2. The largest absolute Gasteiger partial charge is 0.349 e. The Bertz CT molecular complexity index is 662. The van der Waals surface area contributed by atoms with E-state index in [2.05, 4.69) is 39.6 Å². The van der Waals surface area contributed by atoms with Crippen molar-refractivity contribution in [1.82, 2.24) is 15.2 Å². The van der Waals surface area contributed by atoms with E-state index in [4.69, 9.17) is 5.73 Å². The summed E-state index contributed by atoms with van der Waals surface area (Å²) in [7, 11) is 0. The van der Waals surface area contributed by atoms with Crippen molar-refractivity contribution in [2.75, 3.05) is 26.2 Å². The lowest BCUT2D eigenvalue weighted by Crippen LogP contribution is -2.41. The van der Waals surface area contributed by atoms with Crippen LogP contribution in [0, 0.1) is 5.92 Å². The van der Waals surface area contributed by atoms with Crippen LogP contribution < -0.4 is 11.1 Å². The van der Waals surface area contributed by atoms with Crippen molar-refractivity contribution in [2.24, 2.45) is 11.7 Å². The minimum atomic E-state index is -0.0912. The van der Waals surface area contributed by atoms with Crippen LogP contribution in [0.1, 0.15) is 46.2 Å². The van der Waals surface area contributed by atoms with Crippen LogP contribution in [-0.2, 0) is 6.42 Å². The highest BCUT2D eigenvalue weighted by atomic mass is 32.1. The third-order valence-electron chi connectivity index (χ3n) is 4.73. The van der Waals surface area contributed by atoms with Crippen LogP contribution in [0.3, 0.4) is 0 Å². The van der Waals surface area contributed by atoms with Gasteiger partial charge in [-0.25, -0.2) is 4.98 Å². The molecule has 0 saturated carbocycles. The molecule has 1 aliphatic heterocycles. The third kappa shape index (κ3) is 4.88. The molecule has 3 heterocycles. The van der Waals surface area contributed by atoms with E-state index >= 15 is 0 Å². The molecule has 1 atom stereocenters. The molecule has 1 saturated heterocycles. The quantitative estimate of drug-likeness (QED) is 0.777. The molecule has 0 bridgehead atoms. The van der Waals surface area contributed by atoms with Crippen molar-refractivity contribution in [2.45, 2.75) is 32.2 Å². The molecule has 136 valence electrons. The van der Waals surface area contributed by atoms with Crippen LogP contribution in [0.5, 0.6) is 0 Å². The van der Waals surface area contributed by atoms with Crippen molar-refractivity contribution in [3.05, 3.63) is 38.5 Å². The van der Waals surface area contributed by atoms with Gasteiger partial charge in [0.15, 0.2) is 0 Å². The first kappa shape index (κ1) is 18.5. The van der Waals surface area contributed by atoms with Gasteiger partial charge in [-0.15, -0.1) is 22.7 Å². The molecular formula is C18H26N4OS2. The maximum atomic E-state index is 12.5. The number of carbonyl (C=O) groups excluding carboxylic acids is 1. The lowest BCUT2D eigenvalue weighted by molar-refractivity contribution is 0.0910. The number of nitrogens with two attached hydrogens (primary N) is 1. The SMILES string of the molecule is CC1CCN(C(CNC(=O)c2csc(CCN)n2)c2cccs2)CC1. The highest BCUT2D eigenvalue weighted by Crippen LogP contribution is 2.29. The van der Waals surface area contributed by atoms with Crippen LogP contribution >= 0.6 is 22.7 Å². The minimum Gasteiger partial charge on any atom is -0.349 e. The Hall–Kier alpha value is -1.28. The minimum absolute atomic E-state index is 0.0912. The van der Waals surface area contributed by atoms with E-state index in [9.17, 15) is 4.79 Å². The summed E-state index contributed by atoms with van der Waals surface area (Å²) in [5, 5.41) is 7.94. The molecule has 0 spiro atoms. The zero-order valence-electron chi connectivity index (χ0n) is 14.6. The molecule has 3 rings (SSSR count). The molecule has 0 radical (unpaired) electrons. The van der Waals surface area contributed by atoms with Gasteiger partial charge in [0.05, 0.1) is 11.0 Å². The van der Waals surface area contributed by atoms with Gasteiger partial charge >= 0.3 is 0 Å². The van der Waals surface area contributed by atoms with Gasteiger partial charge in [0, 0.05) is 23.2 Å². The Morgan fingerprint density at radius 1 is 1.44 bits per heavy atom. The summed E-state index contributed by atoms with van der Waals surface area (Å²) in [5.41, 5.74) is 6.06. The Balaban J connectivity index is 1.63. The molecule has 2 aromatic rings. The fourth-order valence-electron chi connectivity index (χ4n) is 3.16. The van der Waals surface area contributed by atoms with Gasteiger partial charge in [0.25, 0.3) is 5.91 Å². The number of hydrogen-bond acceptors (Lipinski definition) is 6. The summed E-state index contributed by atoms with van der Waals surface area (Å²) in [6.07, 6.45) is 3.18. The fourth-order valence-corrected chi connectivity index (χ4v) is 4.82. The van der Waals surface area contributed by atoms with Crippen molar-refractivity contribution in [3.63, 3.8) is 0 Å². The van der Waals surface area contributed by atoms with E-state index in [0.717, 1.165) is 30.4 Å². The maximum absolute atomic E-state index is 12.5. The summed E-state index contributed by atoms with van der Waals surface area (Å²) in [4.78, 5) is 20.7. The molecule has 25 heavy (non-hydrogen) atoms. The van der Waals surface area contributed by atoms with Crippen LogP contribution in [0.4, 0.5) is 0 Å². The van der Waals surface area contributed by atoms with Crippen molar-refractivity contribution in [1.29, 1.82) is 0 Å². The summed E-state index contributed by atoms with van der Waals surface area (Å²) in [6.45, 7) is 5.69. The molecule has 0 aromatic carbocycles. The second-order valence-corrected chi connectivity index (χ2v) is 8.55. The van der Waals surface area contributed by atoms with Gasteiger partial charge in [0.2, 0.25) is 0 Å². The Morgan fingerprint density at radius 2 is 2.24 bits per heavy atom. The van der Waals surface area contributed by atoms with E-state index in [1.54, 1.807) is 11.3 Å². The molecule has 1 unspecified atom stereocenters. The predicted octanol–water partition coefficient (Wildman–Crippen LogP) is 2.91. The number of thiophene rings is 1. The molecule has 1 aliphatic rings. The number of rotatable bonds is 7. The number of nitrogens with one attached hydrogen (secondary N) is 1. The average Bonchev–Trinajstić information content (AvgIpc) is 3.29. The molecule has 1 fully saturated rings. The lowest BCUT2D eigenvalue weighted by Gasteiger charge is -2.36. The third-order valence-corrected chi connectivity index (χ3v) is 6.61. The van der Waals surface area contributed by atoms with Gasteiger partial charge in [-0.05, 0) is 49.8 Å². The van der Waals surface area contributed by atoms with Crippen molar-refractivity contribution in [3.8, 4) is 0 Å². The molecule has 2 aromatic heterocycles. The van der Waals surface area contributed by atoms with Gasteiger partial charge in [-0.3, -0.25) is 9.69 Å². The second-order valence-electron chi connectivity index (χ2n) is 6.62. The smallest absolute Gasteiger partial charge is 0.270 e. The highest BCUT2D eigenvalue weighted by molar-refractivity contribution is 7.10. The van der Waals surface area contributed by atoms with Gasteiger partial charge < -0.3 is 11.1 Å². The first-order valence-corrected chi connectivity index (χ1v) is 10.6. The van der Waals surface area contributed by atoms with Crippen LogP contribution in [0.2, 0.25) is 0 Å². The topological polar surface area (TPSA) is 71.2 Å². The van der Waals surface area contributed by atoms with Crippen molar-refractivity contribution >= 4 is 28.6 Å². The number of likely N-dealkylation sites (tertiary alicyclic amines) is 1. The van der Waals surface area contributed by atoms with Crippen molar-refractivity contribution < 1.29 is 4.79 Å². The summed E-state index contributed by atoms with van der Waals surface area (Å²) in [6, 6.07) is 4.50. The van der Waals surface area contributed by atoms with Crippen LogP contribution in [-0.4, -0.2) is 42.0 Å².